The smallest absolute Gasteiger partial charge is 0.251 e. The van der Waals surface area contributed by atoms with Crippen LogP contribution in [0, 0.1) is 13.8 Å². The molecule has 0 radical (unpaired) electrons. The van der Waals surface area contributed by atoms with Crippen LogP contribution in [0.15, 0.2) is 59.1 Å². The van der Waals surface area contributed by atoms with Gasteiger partial charge in [0.2, 0.25) is 0 Å². The molecule has 7 heteroatoms. The van der Waals surface area contributed by atoms with Crippen molar-refractivity contribution >= 4 is 11.6 Å². The van der Waals surface area contributed by atoms with Crippen molar-refractivity contribution in [1.82, 2.24) is 15.4 Å². The molecule has 1 aliphatic rings. The summed E-state index contributed by atoms with van der Waals surface area (Å²) in [4.78, 5) is 17.3. The van der Waals surface area contributed by atoms with E-state index in [1.807, 2.05) is 26.0 Å². The summed E-state index contributed by atoms with van der Waals surface area (Å²) in [6.07, 6.45) is 0.940. The summed E-state index contributed by atoms with van der Waals surface area (Å²) >= 11 is 0. The van der Waals surface area contributed by atoms with Crippen LogP contribution in [-0.2, 0) is 6.61 Å². The molecule has 0 aliphatic carbocycles. The molecular formula is C26H32N4O3. The van der Waals surface area contributed by atoms with Crippen molar-refractivity contribution < 1.29 is 14.1 Å². The Hall–Kier alpha value is -3.32. The maximum atomic E-state index is 12.4. The molecule has 1 aliphatic heterocycles. The standard InChI is InChI=1S/C26H32N4O3/c1-20-25(21(2)33-28-20)19-32-24-11-9-22(10-12-24)26(31)27-13-6-14-29-15-17-30(18-16-29)23-7-4-3-5-8-23/h3-5,7-12H,6,13-19H2,1-2H3,(H,27,31). The summed E-state index contributed by atoms with van der Waals surface area (Å²) < 4.78 is 11.0. The third-order valence-corrected chi connectivity index (χ3v) is 6.11. The van der Waals surface area contributed by atoms with Crippen LogP contribution in [-0.4, -0.2) is 55.2 Å². The van der Waals surface area contributed by atoms with E-state index in [2.05, 4.69) is 50.6 Å². The Bertz CT molecular complexity index is 1010. The molecule has 7 nitrogen and oxygen atoms in total. The number of hydrogen-bond acceptors (Lipinski definition) is 6. The van der Waals surface area contributed by atoms with E-state index in [1.165, 1.54) is 5.69 Å². The number of nitrogens with one attached hydrogen (secondary N) is 1. The molecule has 174 valence electrons. The van der Waals surface area contributed by atoms with Gasteiger partial charge in [0.25, 0.3) is 5.91 Å². The molecule has 0 spiro atoms. The van der Waals surface area contributed by atoms with Crippen LogP contribution in [0.5, 0.6) is 5.75 Å². The molecule has 33 heavy (non-hydrogen) atoms. The van der Waals surface area contributed by atoms with E-state index >= 15 is 0 Å². The lowest BCUT2D eigenvalue weighted by molar-refractivity contribution is 0.0951. The van der Waals surface area contributed by atoms with Gasteiger partial charge in [0.15, 0.2) is 0 Å². The summed E-state index contributed by atoms with van der Waals surface area (Å²) in [6.45, 7) is 10.0. The molecule has 0 saturated carbocycles. The van der Waals surface area contributed by atoms with E-state index in [0.29, 0.717) is 24.5 Å². The van der Waals surface area contributed by atoms with Gasteiger partial charge in [0, 0.05) is 44.0 Å². The Morgan fingerprint density at radius 3 is 2.42 bits per heavy atom. The van der Waals surface area contributed by atoms with E-state index in [1.54, 1.807) is 12.1 Å². The van der Waals surface area contributed by atoms with Gasteiger partial charge < -0.3 is 19.5 Å². The number of rotatable bonds is 9. The fourth-order valence-corrected chi connectivity index (χ4v) is 4.04. The van der Waals surface area contributed by atoms with Crippen molar-refractivity contribution in [3.8, 4) is 5.75 Å². The van der Waals surface area contributed by atoms with Crippen molar-refractivity contribution in [3.05, 3.63) is 77.2 Å². The van der Waals surface area contributed by atoms with Gasteiger partial charge in [-0.3, -0.25) is 9.69 Å². The third kappa shape index (κ3) is 6.14. The molecular weight excluding hydrogens is 416 g/mol. The van der Waals surface area contributed by atoms with Crippen LogP contribution in [0.4, 0.5) is 5.69 Å². The molecule has 0 unspecified atom stereocenters. The number of aryl methyl sites for hydroxylation is 2. The fraction of sp³-hybridized carbons (Fsp3) is 0.385. The topological polar surface area (TPSA) is 70.8 Å². The Morgan fingerprint density at radius 1 is 1.03 bits per heavy atom. The molecule has 2 aromatic carbocycles. The molecule has 1 fully saturated rings. The fourth-order valence-electron chi connectivity index (χ4n) is 4.04. The normalized spacial score (nSPS) is 14.3. The Labute approximate surface area is 195 Å². The molecule has 1 N–H and O–H groups in total. The first kappa shape index (κ1) is 22.9. The highest BCUT2D eigenvalue weighted by molar-refractivity contribution is 5.94. The van der Waals surface area contributed by atoms with Gasteiger partial charge in [-0.25, -0.2) is 0 Å². The number of carbonyl (C=O) groups is 1. The van der Waals surface area contributed by atoms with E-state index < -0.39 is 0 Å². The highest BCUT2D eigenvalue weighted by atomic mass is 16.5. The number of hydrogen-bond donors (Lipinski definition) is 1. The first-order valence-corrected chi connectivity index (χ1v) is 11.6. The SMILES string of the molecule is Cc1noc(C)c1COc1ccc(C(=O)NCCCN2CCN(c3ccccc3)CC2)cc1. The average molecular weight is 449 g/mol. The molecule has 1 amide bonds. The van der Waals surface area contributed by atoms with Crippen LogP contribution in [0.1, 0.15) is 33.8 Å². The molecule has 2 heterocycles. The van der Waals surface area contributed by atoms with Gasteiger partial charge in [0.05, 0.1) is 11.3 Å². The number of carbonyl (C=O) groups excluding carboxylic acids is 1. The maximum Gasteiger partial charge on any atom is 0.251 e. The molecule has 1 saturated heterocycles. The van der Waals surface area contributed by atoms with Gasteiger partial charge >= 0.3 is 0 Å². The average Bonchev–Trinajstić information content (AvgIpc) is 3.18. The zero-order valence-electron chi connectivity index (χ0n) is 19.4. The lowest BCUT2D eigenvalue weighted by Gasteiger charge is -2.36. The van der Waals surface area contributed by atoms with Crippen molar-refractivity contribution in [2.75, 3.05) is 44.2 Å². The summed E-state index contributed by atoms with van der Waals surface area (Å²) in [6, 6.07) is 17.8. The number of para-hydroxylation sites is 1. The second-order valence-electron chi connectivity index (χ2n) is 8.39. The summed E-state index contributed by atoms with van der Waals surface area (Å²) in [7, 11) is 0. The first-order chi connectivity index (χ1) is 16.1. The van der Waals surface area contributed by atoms with Crippen LogP contribution in [0.3, 0.4) is 0 Å². The Kier molecular flexibility index (Phi) is 7.62. The highest BCUT2D eigenvalue weighted by Crippen LogP contribution is 2.18. The van der Waals surface area contributed by atoms with Gasteiger partial charge in [-0.1, -0.05) is 23.4 Å². The van der Waals surface area contributed by atoms with Crippen LogP contribution in [0.2, 0.25) is 0 Å². The number of anilines is 1. The molecule has 1 aromatic heterocycles. The zero-order chi connectivity index (χ0) is 23.0. The third-order valence-electron chi connectivity index (χ3n) is 6.11. The van der Waals surface area contributed by atoms with Crippen LogP contribution in [0.25, 0.3) is 0 Å². The van der Waals surface area contributed by atoms with Gasteiger partial charge in [-0.05, 0) is 63.2 Å². The van der Waals surface area contributed by atoms with E-state index in [-0.39, 0.29) is 5.91 Å². The second-order valence-corrected chi connectivity index (χ2v) is 8.39. The van der Waals surface area contributed by atoms with Crippen molar-refractivity contribution in [1.29, 1.82) is 0 Å². The first-order valence-electron chi connectivity index (χ1n) is 11.6. The summed E-state index contributed by atoms with van der Waals surface area (Å²) in [5, 5.41) is 6.96. The van der Waals surface area contributed by atoms with E-state index in [0.717, 1.165) is 56.2 Å². The van der Waals surface area contributed by atoms with E-state index in [9.17, 15) is 4.79 Å². The Morgan fingerprint density at radius 2 is 1.76 bits per heavy atom. The number of benzene rings is 2. The van der Waals surface area contributed by atoms with Gasteiger partial charge in [-0.2, -0.15) is 0 Å². The minimum Gasteiger partial charge on any atom is -0.489 e. The minimum atomic E-state index is -0.0545. The van der Waals surface area contributed by atoms with E-state index in [4.69, 9.17) is 9.26 Å². The molecule has 0 bridgehead atoms. The predicted molar refractivity (Wildman–Crippen MR) is 129 cm³/mol. The number of ether oxygens (including phenoxy) is 1. The maximum absolute atomic E-state index is 12.4. The van der Waals surface area contributed by atoms with Crippen LogP contribution >= 0.6 is 0 Å². The molecule has 4 rings (SSSR count). The summed E-state index contributed by atoms with van der Waals surface area (Å²) in [5.41, 5.74) is 3.72. The van der Waals surface area contributed by atoms with Crippen LogP contribution < -0.4 is 15.0 Å². The largest absolute Gasteiger partial charge is 0.489 e. The van der Waals surface area contributed by atoms with Crippen molar-refractivity contribution in [2.24, 2.45) is 0 Å². The zero-order valence-corrected chi connectivity index (χ0v) is 19.4. The second kappa shape index (κ2) is 11.0. The van der Waals surface area contributed by atoms with Crippen molar-refractivity contribution in [2.45, 2.75) is 26.9 Å². The number of nitrogens with zero attached hydrogens (tertiary/aromatic N) is 3. The van der Waals surface area contributed by atoms with Gasteiger partial charge in [0.1, 0.15) is 18.1 Å². The lowest BCUT2D eigenvalue weighted by atomic mass is 10.2. The summed E-state index contributed by atoms with van der Waals surface area (Å²) in [5.74, 6) is 1.42. The highest BCUT2D eigenvalue weighted by Gasteiger charge is 2.16. The molecule has 0 atom stereocenters. The quantitative estimate of drug-likeness (QED) is 0.502. The number of amides is 1. The monoisotopic (exact) mass is 448 g/mol. The molecule has 3 aromatic rings. The lowest BCUT2D eigenvalue weighted by Crippen LogP contribution is -2.47. The van der Waals surface area contributed by atoms with Gasteiger partial charge in [-0.15, -0.1) is 0 Å². The predicted octanol–water partition coefficient (Wildman–Crippen LogP) is 3.81. The number of aromatic nitrogens is 1. The number of piperazine rings is 1. The Balaban J connectivity index is 1.14. The van der Waals surface area contributed by atoms with Crippen molar-refractivity contribution in [3.63, 3.8) is 0 Å². The minimum absolute atomic E-state index is 0.0545.